The van der Waals surface area contributed by atoms with E-state index < -0.39 is 0 Å². The molecule has 11 heavy (non-hydrogen) atoms. The quantitative estimate of drug-likeness (QED) is 0.595. The van der Waals surface area contributed by atoms with E-state index in [2.05, 4.69) is 3.53 Å². The van der Waals surface area contributed by atoms with Gasteiger partial charge < -0.3 is 5.11 Å². The first-order valence-corrected chi connectivity index (χ1v) is 4.02. The fourth-order valence-corrected chi connectivity index (χ4v) is 0.979. The molecule has 0 unspecified atom stereocenters. The second-order valence-corrected chi connectivity index (χ2v) is 2.51. The molecule has 0 fully saturated rings. The Morgan fingerprint density at radius 1 is 1.36 bits per heavy atom. The molecule has 58 valence electrons. The van der Waals surface area contributed by atoms with E-state index in [9.17, 15) is 4.79 Å². The summed E-state index contributed by atoms with van der Waals surface area (Å²) < 4.78 is 2.45. The van der Waals surface area contributed by atoms with E-state index in [1.165, 1.54) is 12.1 Å². The SMILES string of the molecule is O=C(NI)c1ccc(O)cc1. The van der Waals surface area contributed by atoms with Gasteiger partial charge in [-0.15, -0.1) is 0 Å². The molecule has 0 spiro atoms. The fraction of sp³-hybridized carbons (Fsp3) is 0. The lowest BCUT2D eigenvalue weighted by Gasteiger charge is -1.96. The number of amides is 1. The molecule has 0 radical (unpaired) electrons. The van der Waals surface area contributed by atoms with Crippen molar-refractivity contribution in [1.29, 1.82) is 0 Å². The summed E-state index contributed by atoms with van der Waals surface area (Å²) in [5.41, 5.74) is 0.539. The van der Waals surface area contributed by atoms with Crippen molar-refractivity contribution in [2.24, 2.45) is 0 Å². The smallest absolute Gasteiger partial charge is 0.259 e. The van der Waals surface area contributed by atoms with Crippen LogP contribution in [0.5, 0.6) is 5.75 Å². The zero-order valence-corrected chi connectivity index (χ0v) is 7.70. The minimum absolute atomic E-state index is 0.161. The maximum atomic E-state index is 10.9. The van der Waals surface area contributed by atoms with Gasteiger partial charge in [0.2, 0.25) is 0 Å². The number of benzene rings is 1. The summed E-state index contributed by atoms with van der Waals surface area (Å²) in [6.07, 6.45) is 0. The highest BCUT2D eigenvalue weighted by Gasteiger charge is 2.01. The van der Waals surface area contributed by atoms with Crippen molar-refractivity contribution < 1.29 is 9.90 Å². The minimum atomic E-state index is -0.161. The molecular formula is C7H6INO2. The van der Waals surface area contributed by atoms with E-state index in [-0.39, 0.29) is 11.7 Å². The van der Waals surface area contributed by atoms with Gasteiger partial charge in [0.05, 0.1) is 22.9 Å². The first-order chi connectivity index (χ1) is 5.24. The second kappa shape index (κ2) is 3.56. The number of halogens is 1. The molecule has 0 atom stereocenters. The van der Waals surface area contributed by atoms with Gasteiger partial charge in [0.15, 0.2) is 0 Å². The van der Waals surface area contributed by atoms with Crippen LogP contribution in [0.3, 0.4) is 0 Å². The Labute approximate surface area is 77.9 Å². The highest BCUT2D eigenvalue weighted by molar-refractivity contribution is 14.1. The van der Waals surface area contributed by atoms with Crippen LogP contribution < -0.4 is 3.53 Å². The largest absolute Gasteiger partial charge is 0.508 e. The van der Waals surface area contributed by atoms with Crippen LogP contribution in [0, 0.1) is 0 Å². The van der Waals surface area contributed by atoms with Crippen LogP contribution in [0.2, 0.25) is 0 Å². The Morgan fingerprint density at radius 3 is 2.36 bits per heavy atom. The van der Waals surface area contributed by atoms with Gasteiger partial charge in [-0.1, -0.05) is 0 Å². The molecule has 0 heterocycles. The molecule has 0 bridgehead atoms. The summed E-state index contributed by atoms with van der Waals surface area (Å²) in [7, 11) is 0. The van der Waals surface area contributed by atoms with Gasteiger partial charge in [0.1, 0.15) is 5.75 Å². The summed E-state index contributed by atoms with van der Waals surface area (Å²) >= 11 is 1.76. The summed E-state index contributed by atoms with van der Waals surface area (Å²) in [4.78, 5) is 10.9. The third-order valence-electron chi connectivity index (χ3n) is 1.22. The maximum Gasteiger partial charge on any atom is 0.259 e. The van der Waals surface area contributed by atoms with Gasteiger partial charge in [-0.25, -0.2) is 0 Å². The summed E-state index contributed by atoms with van der Waals surface area (Å²) in [5.74, 6) is 0.000563. The topological polar surface area (TPSA) is 49.3 Å². The van der Waals surface area contributed by atoms with Crippen molar-refractivity contribution in [3.05, 3.63) is 29.8 Å². The monoisotopic (exact) mass is 263 g/mol. The van der Waals surface area contributed by atoms with Crippen molar-refractivity contribution in [2.45, 2.75) is 0 Å². The third kappa shape index (κ3) is 2.07. The zero-order chi connectivity index (χ0) is 8.27. The standard InChI is InChI=1S/C7H6INO2/c8-9-7(11)5-1-3-6(10)4-2-5/h1-4,10H,(H,9,11). The fourth-order valence-electron chi connectivity index (χ4n) is 0.667. The van der Waals surface area contributed by atoms with Gasteiger partial charge in [-0.05, 0) is 24.3 Å². The van der Waals surface area contributed by atoms with E-state index in [1.807, 2.05) is 0 Å². The number of hydrogen-bond acceptors (Lipinski definition) is 2. The molecule has 1 rings (SSSR count). The molecule has 2 N–H and O–H groups in total. The molecule has 0 aliphatic rings. The Hall–Kier alpha value is -0.780. The van der Waals surface area contributed by atoms with Crippen LogP contribution in [0.1, 0.15) is 10.4 Å². The Morgan fingerprint density at radius 2 is 1.91 bits per heavy atom. The van der Waals surface area contributed by atoms with Crippen LogP contribution in [0.4, 0.5) is 0 Å². The maximum absolute atomic E-state index is 10.9. The zero-order valence-electron chi connectivity index (χ0n) is 5.54. The molecule has 0 saturated carbocycles. The molecule has 0 aliphatic carbocycles. The molecule has 1 aromatic carbocycles. The number of carbonyl (C=O) groups is 1. The van der Waals surface area contributed by atoms with Crippen molar-refractivity contribution in [2.75, 3.05) is 0 Å². The molecule has 0 aromatic heterocycles. The predicted octanol–water partition coefficient (Wildman–Crippen LogP) is 1.47. The molecule has 1 aromatic rings. The lowest BCUT2D eigenvalue weighted by molar-refractivity contribution is 0.0989. The van der Waals surface area contributed by atoms with Crippen LogP contribution in [0.25, 0.3) is 0 Å². The van der Waals surface area contributed by atoms with Gasteiger partial charge in [-0.2, -0.15) is 0 Å². The van der Waals surface area contributed by atoms with Crippen molar-refractivity contribution in [3.63, 3.8) is 0 Å². The van der Waals surface area contributed by atoms with Crippen LogP contribution in [0.15, 0.2) is 24.3 Å². The summed E-state index contributed by atoms with van der Waals surface area (Å²) in [5, 5.41) is 8.88. The summed E-state index contributed by atoms with van der Waals surface area (Å²) in [6, 6.07) is 6.06. The average molecular weight is 263 g/mol. The molecule has 0 saturated heterocycles. The normalized spacial score (nSPS) is 9.18. The Balaban J connectivity index is 2.90. The Kier molecular flexibility index (Phi) is 2.70. The van der Waals surface area contributed by atoms with E-state index >= 15 is 0 Å². The number of phenols is 1. The van der Waals surface area contributed by atoms with Crippen LogP contribution in [-0.4, -0.2) is 11.0 Å². The van der Waals surface area contributed by atoms with Crippen LogP contribution in [-0.2, 0) is 0 Å². The van der Waals surface area contributed by atoms with E-state index in [0.717, 1.165) is 0 Å². The van der Waals surface area contributed by atoms with Gasteiger partial charge >= 0.3 is 0 Å². The van der Waals surface area contributed by atoms with E-state index in [1.54, 1.807) is 35.0 Å². The Bertz CT molecular complexity index is 258. The van der Waals surface area contributed by atoms with Gasteiger partial charge in [-0.3, -0.25) is 8.32 Å². The highest BCUT2D eigenvalue weighted by atomic mass is 127. The lowest BCUT2D eigenvalue weighted by atomic mass is 10.2. The molecule has 4 heteroatoms. The van der Waals surface area contributed by atoms with Gasteiger partial charge in [0, 0.05) is 5.56 Å². The number of aromatic hydroxyl groups is 1. The molecule has 0 aliphatic heterocycles. The number of nitrogens with one attached hydrogen (secondary N) is 1. The summed E-state index contributed by atoms with van der Waals surface area (Å²) in [6.45, 7) is 0. The average Bonchev–Trinajstić information content (AvgIpc) is 2.05. The predicted molar refractivity (Wildman–Crippen MR) is 49.6 cm³/mol. The number of hydrogen-bond donors (Lipinski definition) is 2. The van der Waals surface area contributed by atoms with Gasteiger partial charge in [0.25, 0.3) is 5.91 Å². The van der Waals surface area contributed by atoms with E-state index in [0.29, 0.717) is 5.56 Å². The number of rotatable bonds is 1. The number of phenolic OH excluding ortho intramolecular Hbond substituents is 1. The second-order valence-electron chi connectivity index (χ2n) is 1.97. The van der Waals surface area contributed by atoms with Crippen LogP contribution >= 0.6 is 22.9 Å². The highest BCUT2D eigenvalue weighted by Crippen LogP contribution is 2.09. The third-order valence-corrected chi connectivity index (χ3v) is 1.71. The lowest BCUT2D eigenvalue weighted by Crippen LogP contribution is -2.10. The van der Waals surface area contributed by atoms with Crippen molar-refractivity contribution in [3.8, 4) is 5.75 Å². The molecule has 1 amide bonds. The minimum Gasteiger partial charge on any atom is -0.508 e. The van der Waals surface area contributed by atoms with Crippen molar-refractivity contribution >= 4 is 28.8 Å². The number of carbonyl (C=O) groups excluding carboxylic acids is 1. The molecular weight excluding hydrogens is 257 g/mol. The molecule has 3 nitrogen and oxygen atoms in total. The van der Waals surface area contributed by atoms with E-state index in [4.69, 9.17) is 5.11 Å². The first-order valence-electron chi connectivity index (χ1n) is 2.94. The van der Waals surface area contributed by atoms with Crippen molar-refractivity contribution in [1.82, 2.24) is 3.53 Å². The first kappa shape index (κ1) is 8.32.